The van der Waals surface area contributed by atoms with Crippen molar-refractivity contribution in [1.29, 1.82) is 0 Å². The third kappa shape index (κ3) is 8.89. The molecule has 0 spiro atoms. The second kappa shape index (κ2) is 9.19. The molecule has 0 amide bonds. The van der Waals surface area contributed by atoms with Crippen LogP contribution < -0.4 is 0 Å². The number of aliphatic hydroxyl groups excluding tert-OH is 1. The Hall–Kier alpha value is -0.870. The molecular weight excluding hydrogens is 220 g/mol. The molecule has 2 unspecified atom stereocenters. The van der Waals surface area contributed by atoms with Crippen LogP contribution in [0, 0.1) is 0 Å². The standard InChI is InChI=1S/C9H16O3.C4H8O/c1-4-7(3)9(11)12-6-8(10)5-2;1-2-4-3-5-4/h4,8,10H,5-6H2,1-3H3;4H,2-3H2,1H3/b7-4+;. The molecule has 0 radical (unpaired) electrons. The summed E-state index contributed by atoms with van der Waals surface area (Å²) in [5, 5.41) is 9.06. The quantitative estimate of drug-likeness (QED) is 0.457. The Bertz CT molecular complexity index is 244. The third-order valence-corrected chi connectivity index (χ3v) is 2.49. The Labute approximate surface area is 104 Å². The minimum atomic E-state index is -0.543. The van der Waals surface area contributed by atoms with Gasteiger partial charge in [0.1, 0.15) is 6.61 Å². The first-order valence-corrected chi connectivity index (χ1v) is 6.14. The molecule has 0 aromatic rings. The van der Waals surface area contributed by atoms with Crippen LogP contribution in [0.5, 0.6) is 0 Å². The topological polar surface area (TPSA) is 59.1 Å². The van der Waals surface area contributed by atoms with Gasteiger partial charge in [-0.25, -0.2) is 4.79 Å². The van der Waals surface area contributed by atoms with Crippen molar-refractivity contribution in [2.24, 2.45) is 0 Å². The summed E-state index contributed by atoms with van der Waals surface area (Å²) in [5.41, 5.74) is 0.568. The van der Waals surface area contributed by atoms with Gasteiger partial charge in [-0.2, -0.15) is 0 Å². The Morgan fingerprint density at radius 3 is 2.47 bits per heavy atom. The van der Waals surface area contributed by atoms with Crippen molar-refractivity contribution in [2.75, 3.05) is 13.2 Å². The molecule has 1 aliphatic heterocycles. The fraction of sp³-hybridized carbons (Fsp3) is 0.769. The summed E-state index contributed by atoms with van der Waals surface area (Å²) in [7, 11) is 0. The summed E-state index contributed by atoms with van der Waals surface area (Å²) in [6, 6.07) is 0. The molecule has 1 aliphatic rings. The van der Waals surface area contributed by atoms with Crippen molar-refractivity contribution in [3.63, 3.8) is 0 Å². The number of hydrogen-bond acceptors (Lipinski definition) is 4. The zero-order chi connectivity index (χ0) is 13.3. The molecule has 1 fully saturated rings. The van der Waals surface area contributed by atoms with Crippen molar-refractivity contribution in [3.05, 3.63) is 11.6 Å². The van der Waals surface area contributed by atoms with E-state index in [0.717, 1.165) is 6.61 Å². The predicted molar refractivity (Wildman–Crippen MR) is 66.7 cm³/mol. The Balaban J connectivity index is 0.000000419. The minimum Gasteiger partial charge on any atom is -0.460 e. The summed E-state index contributed by atoms with van der Waals surface area (Å²) in [4.78, 5) is 11.0. The van der Waals surface area contributed by atoms with Crippen molar-refractivity contribution in [2.45, 2.75) is 52.7 Å². The number of hydrogen-bond donors (Lipinski definition) is 1. The summed E-state index contributed by atoms with van der Waals surface area (Å²) >= 11 is 0. The Morgan fingerprint density at radius 1 is 1.59 bits per heavy atom. The fourth-order valence-corrected chi connectivity index (χ4v) is 0.825. The first-order chi connectivity index (χ1) is 8.04. The average Bonchev–Trinajstić information content (AvgIpc) is 3.18. The monoisotopic (exact) mass is 244 g/mol. The van der Waals surface area contributed by atoms with Crippen molar-refractivity contribution >= 4 is 5.97 Å². The predicted octanol–water partition coefficient (Wildman–Crippen LogP) is 2.06. The number of allylic oxidation sites excluding steroid dienone is 1. The van der Waals surface area contributed by atoms with Crippen LogP contribution in [0.3, 0.4) is 0 Å². The van der Waals surface area contributed by atoms with Gasteiger partial charge in [0.05, 0.1) is 18.8 Å². The maximum absolute atomic E-state index is 11.0. The normalized spacial score (nSPS) is 20.1. The van der Waals surface area contributed by atoms with Gasteiger partial charge >= 0.3 is 5.97 Å². The Kier molecular flexibility index (Phi) is 8.72. The van der Waals surface area contributed by atoms with Crippen LogP contribution in [0.2, 0.25) is 0 Å². The van der Waals surface area contributed by atoms with Crippen LogP contribution >= 0.6 is 0 Å². The minimum absolute atomic E-state index is 0.0838. The van der Waals surface area contributed by atoms with Gasteiger partial charge in [-0.1, -0.05) is 19.9 Å². The lowest BCUT2D eigenvalue weighted by Crippen LogP contribution is -2.17. The van der Waals surface area contributed by atoms with Crippen molar-refractivity contribution in [1.82, 2.24) is 0 Å². The van der Waals surface area contributed by atoms with Crippen LogP contribution in [0.25, 0.3) is 0 Å². The molecule has 1 N–H and O–H groups in total. The first-order valence-electron chi connectivity index (χ1n) is 6.14. The molecule has 0 bridgehead atoms. The summed E-state index contributed by atoms with van der Waals surface area (Å²) in [6.45, 7) is 8.52. The molecular formula is C13H24O4. The third-order valence-electron chi connectivity index (χ3n) is 2.49. The van der Waals surface area contributed by atoms with Crippen LogP contribution in [0.15, 0.2) is 11.6 Å². The molecule has 2 atom stereocenters. The SMILES string of the molecule is C/C=C(\C)C(=O)OCC(O)CC.CCC1CO1. The van der Waals surface area contributed by atoms with Gasteiger partial charge < -0.3 is 14.6 Å². The van der Waals surface area contributed by atoms with Crippen LogP contribution in [-0.4, -0.2) is 36.5 Å². The van der Waals surface area contributed by atoms with Gasteiger partial charge in [0, 0.05) is 5.57 Å². The first kappa shape index (κ1) is 16.1. The van der Waals surface area contributed by atoms with Gasteiger partial charge in [-0.3, -0.25) is 0 Å². The molecule has 0 aromatic heterocycles. The van der Waals surface area contributed by atoms with Gasteiger partial charge in [0.25, 0.3) is 0 Å². The lowest BCUT2D eigenvalue weighted by atomic mass is 10.3. The summed E-state index contributed by atoms with van der Waals surface area (Å²) in [6.07, 6.45) is 3.57. The molecule has 4 heteroatoms. The number of carbonyl (C=O) groups is 1. The zero-order valence-electron chi connectivity index (χ0n) is 11.2. The highest BCUT2D eigenvalue weighted by atomic mass is 16.6. The van der Waals surface area contributed by atoms with E-state index in [9.17, 15) is 4.79 Å². The second-order valence-corrected chi connectivity index (χ2v) is 4.00. The van der Waals surface area contributed by atoms with Gasteiger partial charge in [0.2, 0.25) is 0 Å². The highest BCUT2D eigenvalue weighted by Gasteiger charge is 2.18. The second-order valence-electron chi connectivity index (χ2n) is 4.00. The lowest BCUT2D eigenvalue weighted by Gasteiger charge is -2.08. The number of rotatable bonds is 5. The molecule has 0 aliphatic carbocycles. The summed E-state index contributed by atoms with van der Waals surface area (Å²) < 4.78 is 9.65. The van der Waals surface area contributed by atoms with E-state index in [-0.39, 0.29) is 12.6 Å². The van der Waals surface area contributed by atoms with E-state index in [4.69, 9.17) is 14.6 Å². The zero-order valence-corrected chi connectivity index (χ0v) is 11.2. The molecule has 0 saturated carbocycles. The number of carbonyl (C=O) groups excluding carboxylic acids is 1. The van der Waals surface area contributed by atoms with Gasteiger partial charge in [0.15, 0.2) is 0 Å². The molecule has 1 rings (SSSR count). The highest BCUT2D eigenvalue weighted by Crippen LogP contribution is 2.10. The van der Waals surface area contributed by atoms with Gasteiger partial charge in [-0.15, -0.1) is 0 Å². The molecule has 0 aromatic carbocycles. The molecule has 1 saturated heterocycles. The highest BCUT2D eigenvalue weighted by molar-refractivity contribution is 5.87. The van der Waals surface area contributed by atoms with Crippen molar-refractivity contribution in [3.8, 4) is 0 Å². The van der Waals surface area contributed by atoms with Gasteiger partial charge in [-0.05, 0) is 26.7 Å². The van der Waals surface area contributed by atoms with E-state index in [1.54, 1.807) is 19.9 Å². The Morgan fingerprint density at radius 2 is 2.18 bits per heavy atom. The number of epoxide rings is 1. The van der Waals surface area contributed by atoms with E-state index in [2.05, 4.69) is 6.92 Å². The van der Waals surface area contributed by atoms with E-state index in [1.807, 2.05) is 6.92 Å². The molecule has 1 heterocycles. The average molecular weight is 244 g/mol. The van der Waals surface area contributed by atoms with E-state index < -0.39 is 6.10 Å². The smallest absolute Gasteiger partial charge is 0.333 e. The van der Waals surface area contributed by atoms with E-state index in [1.165, 1.54) is 6.42 Å². The van der Waals surface area contributed by atoms with Crippen LogP contribution in [0.1, 0.15) is 40.5 Å². The van der Waals surface area contributed by atoms with Crippen LogP contribution in [-0.2, 0) is 14.3 Å². The largest absolute Gasteiger partial charge is 0.460 e. The van der Waals surface area contributed by atoms with E-state index >= 15 is 0 Å². The molecule has 100 valence electrons. The molecule has 4 nitrogen and oxygen atoms in total. The van der Waals surface area contributed by atoms with E-state index in [0.29, 0.717) is 18.1 Å². The van der Waals surface area contributed by atoms with Crippen molar-refractivity contribution < 1.29 is 19.4 Å². The maximum atomic E-state index is 11.0. The number of esters is 1. The summed E-state index contributed by atoms with van der Waals surface area (Å²) in [5.74, 6) is -0.356. The number of aliphatic hydroxyl groups is 1. The number of ether oxygens (including phenoxy) is 2. The lowest BCUT2D eigenvalue weighted by molar-refractivity contribution is -0.141. The molecule has 17 heavy (non-hydrogen) atoms. The fourth-order valence-electron chi connectivity index (χ4n) is 0.825. The maximum Gasteiger partial charge on any atom is 0.333 e. The van der Waals surface area contributed by atoms with Crippen LogP contribution in [0.4, 0.5) is 0 Å².